The fraction of sp³-hybridized carbons (Fsp3) is 0.500. The fourth-order valence-corrected chi connectivity index (χ4v) is 3.58. The average Bonchev–Trinajstić information content (AvgIpc) is 3.15. The summed E-state index contributed by atoms with van der Waals surface area (Å²) in [5.74, 6) is -1.18. The first kappa shape index (κ1) is 21.8. The lowest BCUT2D eigenvalue weighted by molar-refractivity contribution is -0.148. The van der Waals surface area contributed by atoms with Crippen LogP contribution in [0, 0.1) is 18.3 Å². The first-order chi connectivity index (χ1) is 13.3. The van der Waals surface area contributed by atoms with E-state index in [0.717, 1.165) is 30.2 Å². The summed E-state index contributed by atoms with van der Waals surface area (Å²) in [6.07, 6.45) is 3.02. The summed E-state index contributed by atoms with van der Waals surface area (Å²) in [6.45, 7) is 3.16. The fourth-order valence-electron chi connectivity index (χ4n) is 2.90. The molecular formula is C20H25N3O4S. The molecule has 1 aliphatic carbocycles. The number of esters is 1. The number of nitrogens with one attached hydrogen (secondary N) is 2. The molecule has 0 spiro atoms. The normalized spacial score (nSPS) is 15.9. The summed E-state index contributed by atoms with van der Waals surface area (Å²) in [5.41, 5.74) is 0.959. The summed E-state index contributed by atoms with van der Waals surface area (Å²) in [7, 11) is 0. The molecule has 0 unspecified atom stereocenters. The monoisotopic (exact) mass is 403 g/mol. The summed E-state index contributed by atoms with van der Waals surface area (Å²) in [6, 6.07) is 9.57. The SMILES string of the molecule is Cc1ccc(NC(=O)CS[C@H](C)C(=O)OCC(=O)NC2(C#N)CCCC2)cc1. The van der Waals surface area contributed by atoms with Gasteiger partial charge in [0, 0.05) is 5.69 Å². The van der Waals surface area contributed by atoms with Gasteiger partial charge < -0.3 is 15.4 Å². The van der Waals surface area contributed by atoms with Gasteiger partial charge >= 0.3 is 5.97 Å². The van der Waals surface area contributed by atoms with Crippen molar-refractivity contribution in [1.29, 1.82) is 5.26 Å². The lowest BCUT2D eigenvalue weighted by Gasteiger charge is -2.22. The van der Waals surface area contributed by atoms with Crippen molar-refractivity contribution >= 4 is 35.2 Å². The van der Waals surface area contributed by atoms with Crippen molar-refractivity contribution in [2.24, 2.45) is 0 Å². The van der Waals surface area contributed by atoms with Gasteiger partial charge in [-0.15, -0.1) is 11.8 Å². The van der Waals surface area contributed by atoms with Gasteiger partial charge in [-0.3, -0.25) is 14.4 Å². The van der Waals surface area contributed by atoms with E-state index in [-0.39, 0.29) is 11.7 Å². The second-order valence-electron chi connectivity index (χ2n) is 6.92. The number of rotatable bonds is 8. The van der Waals surface area contributed by atoms with Crippen LogP contribution in [0.25, 0.3) is 0 Å². The highest BCUT2D eigenvalue weighted by Crippen LogP contribution is 2.28. The van der Waals surface area contributed by atoms with Gasteiger partial charge in [-0.1, -0.05) is 17.7 Å². The molecule has 8 heteroatoms. The standard InChI is InChI=1S/C20H25N3O4S/c1-14-5-7-16(8-6-14)22-18(25)12-28-15(2)19(26)27-11-17(24)23-20(13-21)9-3-4-10-20/h5-8,15H,3-4,9-12H2,1-2H3,(H,22,25)(H,23,24)/t15-/m1/s1. The zero-order valence-electron chi connectivity index (χ0n) is 16.1. The van der Waals surface area contributed by atoms with Crippen molar-refractivity contribution in [3.8, 4) is 6.07 Å². The molecule has 0 saturated heterocycles. The lowest BCUT2D eigenvalue weighted by atomic mass is 10.00. The minimum absolute atomic E-state index is 0.0912. The topological polar surface area (TPSA) is 108 Å². The summed E-state index contributed by atoms with van der Waals surface area (Å²) < 4.78 is 5.02. The Kier molecular flexibility index (Phi) is 7.88. The number of nitriles is 1. The van der Waals surface area contributed by atoms with E-state index < -0.39 is 29.3 Å². The maximum Gasteiger partial charge on any atom is 0.319 e. The molecule has 0 heterocycles. The maximum atomic E-state index is 12.0. The minimum atomic E-state index is -0.835. The van der Waals surface area contributed by atoms with E-state index in [1.54, 1.807) is 6.92 Å². The second-order valence-corrected chi connectivity index (χ2v) is 8.25. The molecule has 1 fully saturated rings. The number of nitrogens with zero attached hydrogens (tertiary/aromatic N) is 1. The van der Waals surface area contributed by atoms with Gasteiger partial charge in [0.1, 0.15) is 10.8 Å². The van der Waals surface area contributed by atoms with Gasteiger partial charge in [-0.05, 0) is 51.7 Å². The smallest absolute Gasteiger partial charge is 0.319 e. The van der Waals surface area contributed by atoms with Gasteiger partial charge in [-0.25, -0.2) is 0 Å². The van der Waals surface area contributed by atoms with Crippen molar-refractivity contribution in [2.75, 3.05) is 17.7 Å². The van der Waals surface area contributed by atoms with E-state index in [2.05, 4.69) is 16.7 Å². The third-order valence-electron chi connectivity index (χ3n) is 4.53. The van der Waals surface area contributed by atoms with Crippen LogP contribution in [0.15, 0.2) is 24.3 Å². The molecule has 1 aromatic carbocycles. The van der Waals surface area contributed by atoms with E-state index in [0.29, 0.717) is 18.5 Å². The lowest BCUT2D eigenvalue weighted by Crippen LogP contribution is -2.47. The summed E-state index contributed by atoms with van der Waals surface area (Å²) in [4.78, 5) is 36.0. The van der Waals surface area contributed by atoms with E-state index in [4.69, 9.17) is 4.74 Å². The Balaban J connectivity index is 1.69. The van der Waals surface area contributed by atoms with Crippen LogP contribution in [0.4, 0.5) is 5.69 Å². The van der Waals surface area contributed by atoms with Crippen LogP contribution in [-0.2, 0) is 19.1 Å². The quantitative estimate of drug-likeness (QED) is 0.646. The van der Waals surface area contributed by atoms with Crippen molar-refractivity contribution < 1.29 is 19.1 Å². The molecular weight excluding hydrogens is 378 g/mol. The first-order valence-corrected chi connectivity index (χ1v) is 10.3. The van der Waals surface area contributed by atoms with Crippen molar-refractivity contribution in [3.05, 3.63) is 29.8 Å². The molecule has 2 rings (SSSR count). The van der Waals surface area contributed by atoms with Gasteiger partial charge in [0.25, 0.3) is 5.91 Å². The highest BCUT2D eigenvalue weighted by atomic mass is 32.2. The molecule has 1 aromatic rings. The number of benzene rings is 1. The van der Waals surface area contributed by atoms with Crippen LogP contribution < -0.4 is 10.6 Å². The number of anilines is 1. The Labute approximate surface area is 169 Å². The van der Waals surface area contributed by atoms with Crippen molar-refractivity contribution in [3.63, 3.8) is 0 Å². The van der Waals surface area contributed by atoms with Crippen LogP contribution in [0.3, 0.4) is 0 Å². The molecule has 1 saturated carbocycles. The molecule has 1 atom stereocenters. The van der Waals surface area contributed by atoms with Crippen LogP contribution >= 0.6 is 11.8 Å². The molecule has 0 radical (unpaired) electrons. The van der Waals surface area contributed by atoms with Gasteiger partial charge in [0.15, 0.2) is 6.61 Å². The zero-order chi connectivity index (χ0) is 20.6. The number of carbonyl (C=O) groups excluding carboxylic acids is 3. The van der Waals surface area contributed by atoms with Gasteiger partial charge in [-0.2, -0.15) is 5.26 Å². The zero-order valence-corrected chi connectivity index (χ0v) is 16.9. The van der Waals surface area contributed by atoms with E-state index >= 15 is 0 Å². The highest BCUT2D eigenvalue weighted by Gasteiger charge is 2.35. The molecule has 1 aliphatic rings. The van der Waals surface area contributed by atoms with Gasteiger partial charge in [0.2, 0.25) is 5.91 Å². The molecule has 0 aromatic heterocycles. The van der Waals surface area contributed by atoms with Crippen LogP contribution in [0.5, 0.6) is 0 Å². The molecule has 0 bridgehead atoms. The van der Waals surface area contributed by atoms with Gasteiger partial charge in [0.05, 0.1) is 11.8 Å². The Morgan fingerprint density at radius 3 is 2.46 bits per heavy atom. The highest BCUT2D eigenvalue weighted by molar-refractivity contribution is 8.01. The molecule has 7 nitrogen and oxygen atoms in total. The number of aryl methyl sites for hydroxylation is 1. The minimum Gasteiger partial charge on any atom is -0.455 e. The van der Waals surface area contributed by atoms with Crippen LogP contribution in [-0.4, -0.2) is 40.9 Å². The van der Waals surface area contributed by atoms with Crippen LogP contribution in [0.1, 0.15) is 38.2 Å². The van der Waals surface area contributed by atoms with E-state index in [9.17, 15) is 19.6 Å². The third kappa shape index (κ3) is 6.57. The number of hydrogen-bond acceptors (Lipinski definition) is 6. The Morgan fingerprint density at radius 1 is 1.21 bits per heavy atom. The number of thioether (sulfide) groups is 1. The number of amides is 2. The largest absolute Gasteiger partial charge is 0.455 e. The van der Waals surface area contributed by atoms with Crippen molar-refractivity contribution in [1.82, 2.24) is 5.32 Å². The summed E-state index contributed by atoms with van der Waals surface area (Å²) in [5, 5.41) is 14.1. The average molecular weight is 404 g/mol. The Hall–Kier alpha value is -2.53. The maximum absolute atomic E-state index is 12.0. The number of carbonyl (C=O) groups is 3. The van der Waals surface area contributed by atoms with E-state index in [1.165, 1.54) is 0 Å². The number of hydrogen-bond donors (Lipinski definition) is 2. The third-order valence-corrected chi connectivity index (χ3v) is 5.65. The predicted molar refractivity (Wildman–Crippen MR) is 108 cm³/mol. The molecule has 2 N–H and O–H groups in total. The molecule has 150 valence electrons. The first-order valence-electron chi connectivity index (χ1n) is 9.20. The number of ether oxygens (including phenoxy) is 1. The molecule has 0 aliphatic heterocycles. The molecule has 2 amide bonds. The second kappa shape index (κ2) is 10.1. The summed E-state index contributed by atoms with van der Waals surface area (Å²) >= 11 is 1.13. The van der Waals surface area contributed by atoms with Crippen LogP contribution in [0.2, 0.25) is 0 Å². The Morgan fingerprint density at radius 2 is 1.86 bits per heavy atom. The van der Waals surface area contributed by atoms with Crippen molar-refractivity contribution in [2.45, 2.75) is 50.3 Å². The Bertz CT molecular complexity index is 752. The molecule has 28 heavy (non-hydrogen) atoms. The van der Waals surface area contributed by atoms with E-state index in [1.807, 2.05) is 31.2 Å². The predicted octanol–water partition coefficient (Wildman–Crippen LogP) is 2.55.